The minimum Gasteiger partial charge on any atom is -0.489 e. The molecule has 2 N–H and O–H groups in total. The molecule has 0 radical (unpaired) electrons. The molecule has 1 unspecified atom stereocenters. The van der Waals surface area contributed by atoms with Crippen LogP contribution >= 0.6 is 24.2 Å². The van der Waals surface area contributed by atoms with E-state index in [0.717, 1.165) is 29.4 Å². The summed E-state index contributed by atoms with van der Waals surface area (Å²) in [5.74, 6) is -1.50. The van der Waals surface area contributed by atoms with Crippen molar-refractivity contribution in [1.29, 1.82) is 0 Å². The Kier molecular flexibility index (Phi) is 10.1. The van der Waals surface area contributed by atoms with E-state index in [0.29, 0.717) is 17.7 Å². The van der Waals surface area contributed by atoms with Gasteiger partial charge in [-0.05, 0) is 55.3 Å². The Hall–Kier alpha value is -3.11. The molecule has 2 amide bonds. The number of halogens is 1. The number of carboxylic acids is 1. The fourth-order valence-corrected chi connectivity index (χ4v) is 4.28. The van der Waals surface area contributed by atoms with Crippen LogP contribution in [0.4, 0.5) is 4.79 Å². The van der Waals surface area contributed by atoms with E-state index >= 15 is 0 Å². The lowest BCUT2D eigenvalue weighted by Gasteiger charge is -2.20. The zero-order chi connectivity index (χ0) is 24.7. The fourth-order valence-electron chi connectivity index (χ4n) is 3.34. The Morgan fingerprint density at radius 2 is 1.86 bits per heavy atom. The van der Waals surface area contributed by atoms with Gasteiger partial charge in [-0.3, -0.25) is 29.5 Å². The summed E-state index contributed by atoms with van der Waals surface area (Å²) in [6.45, 7) is 3.72. The third-order valence-electron chi connectivity index (χ3n) is 5.28. The molecule has 1 aromatic carbocycles. The van der Waals surface area contributed by atoms with Crippen molar-refractivity contribution in [2.24, 2.45) is 0 Å². The largest absolute Gasteiger partial charge is 0.489 e. The third-order valence-corrected chi connectivity index (χ3v) is 6.35. The minimum absolute atomic E-state index is 0. The zero-order valence-corrected chi connectivity index (χ0v) is 20.9. The molecule has 2 heterocycles. The molecule has 1 fully saturated rings. The maximum atomic E-state index is 12.1. The highest BCUT2D eigenvalue weighted by molar-refractivity contribution is 8.16. The normalized spacial score (nSPS) is 17.8. The lowest BCUT2D eigenvalue weighted by atomic mass is 9.99. The van der Waals surface area contributed by atoms with Crippen molar-refractivity contribution in [3.8, 4) is 5.75 Å². The molecule has 3 rings (SSSR count). The van der Waals surface area contributed by atoms with E-state index < -0.39 is 22.8 Å². The van der Waals surface area contributed by atoms with Crippen molar-refractivity contribution < 1.29 is 33.8 Å². The standard InChI is InChI=1S/C24H26N2O7S.ClH/c1-3-17-7-6-16(13-25-17)19(33-21(29)11-10-20(27)28)14-32-18-8-4-15(5-9-18)12-24(2)22(30)26-23(31)34-24;/h4-9,13,19H,3,10-12,14H2,1-2H3,(H,27,28)(H,26,30,31);1H/t19-,24?;/m1./s1. The number of amides is 2. The number of aryl methyl sites for hydroxylation is 1. The number of rotatable bonds is 11. The van der Waals surface area contributed by atoms with E-state index in [4.69, 9.17) is 14.6 Å². The van der Waals surface area contributed by atoms with E-state index in [1.165, 1.54) is 0 Å². The average molecular weight is 523 g/mol. The van der Waals surface area contributed by atoms with Gasteiger partial charge in [0, 0.05) is 17.5 Å². The Morgan fingerprint density at radius 3 is 2.40 bits per heavy atom. The van der Waals surface area contributed by atoms with Crippen LogP contribution in [0.5, 0.6) is 5.75 Å². The number of nitrogens with one attached hydrogen (secondary N) is 1. The van der Waals surface area contributed by atoms with E-state index in [-0.39, 0.29) is 43.0 Å². The second-order valence-electron chi connectivity index (χ2n) is 8.01. The first kappa shape index (κ1) is 28.1. The number of hydrogen-bond donors (Lipinski definition) is 2. The minimum atomic E-state index is -1.08. The molecule has 11 heteroatoms. The number of thioether (sulfide) groups is 1. The second kappa shape index (κ2) is 12.6. The molecule has 0 bridgehead atoms. The van der Waals surface area contributed by atoms with Crippen LogP contribution in [0.3, 0.4) is 0 Å². The smallest absolute Gasteiger partial charge is 0.307 e. The van der Waals surface area contributed by atoms with Gasteiger partial charge in [-0.2, -0.15) is 0 Å². The fraction of sp³-hybridized carbons (Fsp3) is 0.375. The summed E-state index contributed by atoms with van der Waals surface area (Å²) in [7, 11) is 0. The number of hydrogen-bond acceptors (Lipinski definition) is 8. The molecular weight excluding hydrogens is 496 g/mol. The number of carbonyl (C=O) groups is 4. The van der Waals surface area contributed by atoms with E-state index in [1.54, 1.807) is 31.3 Å². The van der Waals surface area contributed by atoms with Crippen LogP contribution in [0.1, 0.15) is 49.6 Å². The van der Waals surface area contributed by atoms with Crippen molar-refractivity contribution in [2.75, 3.05) is 6.61 Å². The van der Waals surface area contributed by atoms with Crippen molar-refractivity contribution in [1.82, 2.24) is 10.3 Å². The van der Waals surface area contributed by atoms with Crippen LogP contribution in [0.15, 0.2) is 42.6 Å². The van der Waals surface area contributed by atoms with Gasteiger partial charge in [0.05, 0.1) is 12.8 Å². The molecule has 188 valence electrons. The van der Waals surface area contributed by atoms with Crippen molar-refractivity contribution in [2.45, 2.75) is 50.4 Å². The van der Waals surface area contributed by atoms with Gasteiger partial charge in [0.1, 0.15) is 17.1 Å². The summed E-state index contributed by atoms with van der Waals surface area (Å²) < 4.78 is 10.5. The summed E-state index contributed by atoms with van der Waals surface area (Å²) in [5.41, 5.74) is 2.39. The molecule has 0 saturated carbocycles. The van der Waals surface area contributed by atoms with Crippen LogP contribution in [0.2, 0.25) is 0 Å². The summed E-state index contributed by atoms with van der Waals surface area (Å²) in [4.78, 5) is 50.8. The molecule has 9 nitrogen and oxygen atoms in total. The molecule has 2 atom stereocenters. The lowest BCUT2D eigenvalue weighted by molar-refractivity contribution is -0.153. The van der Waals surface area contributed by atoms with Crippen LogP contribution in [-0.2, 0) is 32.0 Å². The van der Waals surface area contributed by atoms with Crippen molar-refractivity contribution >= 4 is 47.3 Å². The number of carboxylic acid groups (broad SMARTS) is 1. The van der Waals surface area contributed by atoms with Crippen LogP contribution in [-0.4, -0.2) is 44.5 Å². The number of benzene rings is 1. The van der Waals surface area contributed by atoms with Crippen LogP contribution < -0.4 is 10.1 Å². The first-order valence-corrected chi connectivity index (χ1v) is 11.6. The highest BCUT2D eigenvalue weighted by Gasteiger charge is 2.43. The number of carbonyl (C=O) groups excluding carboxylic acids is 3. The quantitative estimate of drug-likeness (QED) is 0.422. The first-order chi connectivity index (χ1) is 16.2. The maximum absolute atomic E-state index is 12.1. The highest BCUT2D eigenvalue weighted by Crippen LogP contribution is 2.35. The predicted octanol–water partition coefficient (Wildman–Crippen LogP) is 3.88. The number of nitrogens with zero attached hydrogens (tertiary/aromatic N) is 1. The molecule has 1 aliphatic heterocycles. The van der Waals surface area contributed by atoms with Gasteiger partial charge < -0.3 is 14.6 Å². The summed E-state index contributed by atoms with van der Waals surface area (Å²) >= 11 is 0.979. The number of aliphatic carboxylic acids is 1. The number of pyridine rings is 1. The van der Waals surface area contributed by atoms with Gasteiger partial charge in [-0.25, -0.2) is 0 Å². The molecule has 0 aliphatic carbocycles. The molecule has 35 heavy (non-hydrogen) atoms. The van der Waals surface area contributed by atoms with Gasteiger partial charge >= 0.3 is 11.9 Å². The van der Waals surface area contributed by atoms with Crippen LogP contribution in [0, 0.1) is 0 Å². The molecular formula is C24H27ClN2O7S. The monoisotopic (exact) mass is 522 g/mol. The Bertz CT molecular complexity index is 1060. The predicted molar refractivity (Wildman–Crippen MR) is 132 cm³/mol. The van der Waals surface area contributed by atoms with E-state index in [2.05, 4.69) is 10.3 Å². The van der Waals surface area contributed by atoms with Gasteiger partial charge in [0.2, 0.25) is 5.91 Å². The number of esters is 1. The van der Waals surface area contributed by atoms with Crippen LogP contribution in [0.25, 0.3) is 0 Å². The topological polar surface area (TPSA) is 132 Å². The molecule has 1 saturated heterocycles. The Balaban J connectivity index is 0.00000432. The number of aromatic nitrogens is 1. The number of ether oxygens (including phenoxy) is 2. The molecule has 2 aromatic rings. The Labute approximate surface area is 213 Å². The maximum Gasteiger partial charge on any atom is 0.307 e. The molecule has 0 spiro atoms. The van der Waals surface area contributed by atoms with Gasteiger partial charge in [-0.15, -0.1) is 12.4 Å². The first-order valence-electron chi connectivity index (χ1n) is 10.8. The second-order valence-corrected chi connectivity index (χ2v) is 9.49. The van der Waals surface area contributed by atoms with Crippen molar-refractivity contribution in [3.63, 3.8) is 0 Å². The summed E-state index contributed by atoms with van der Waals surface area (Å²) in [5, 5.41) is 10.8. The third kappa shape index (κ3) is 7.97. The SMILES string of the molecule is CCc1ccc([C@@H](COc2ccc(CC3(C)SC(=O)NC3=O)cc2)OC(=O)CCC(=O)O)cn1.Cl. The summed E-state index contributed by atoms with van der Waals surface area (Å²) in [6, 6.07) is 10.7. The van der Waals surface area contributed by atoms with E-state index in [9.17, 15) is 19.2 Å². The average Bonchev–Trinajstić information content (AvgIpc) is 3.06. The number of imide groups is 1. The van der Waals surface area contributed by atoms with E-state index in [1.807, 2.05) is 25.1 Å². The lowest BCUT2D eigenvalue weighted by Crippen LogP contribution is -2.35. The summed E-state index contributed by atoms with van der Waals surface area (Å²) in [6.07, 6.45) is 1.44. The van der Waals surface area contributed by atoms with Crippen molar-refractivity contribution in [3.05, 3.63) is 59.4 Å². The van der Waals surface area contributed by atoms with Gasteiger partial charge in [-0.1, -0.05) is 25.1 Å². The van der Waals surface area contributed by atoms with Gasteiger partial charge in [0.25, 0.3) is 5.24 Å². The molecule has 1 aliphatic rings. The molecule has 1 aromatic heterocycles. The highest BCUT2D eigenvalue weighted by atomic mass is 35.5. The van der Waals surface area contributed by atoms with Gasteiger partial charge in [0.15, 0.2) is 6.10 Å². The zero-order valence-electron chi connectivity index (χ0n) is 19.3. The Morgan fingerprint density at radius 1 is 1.14 bits per heavy atom.